The maximum absolute atomic E-state index is 12.2. The number of pyridine rings is 1. The van der Waals surface area contributed by atoms with Crippen molar-refractivity contribution in [2.45, 2.75) is 12.8 Å². The molecule has 0 saturated carbocycles. The first-order chi connectivity index (χ1) is 9.34. The largest absolute Gasteiger partial charge is 0.325 e. The molecule has 3 rings (SSSR count). The van der Waals surface area contributed by atoms with Crippen LogP contribution in [0.15, 0.2) is 36.7 Å². The number of aromatic nitrogens is 1. The van der Waals surface area contributed by atoms with Crippen LogP contribution in [0.1, 0.15) is 12.8 Å². The molecular weight excluding hydrogens is 238 g/mol. The molecule has 1 fully saturated rings. The van der Waals surface area contributed by atoms with E-state index in [4.69, 9.17) is 0 Å². The molecule has 98 valence electrons. The number of amides is 1. The Morgan fingerprint density at radius 1 is 1.37 bits per heavy atom. The molecule has 1 atom stereocenters. The standard InChI is InChI=1S/C15H17N3O/c19-15(12-4-2-7-16-9-12)18-14-5-1-3-11-6-8-17-10-13(11)14/h1,3,5-6,8,10,12,16H,2,4,7,9H2,(H,18,19). The highest BCUT2D eigenvalue weighted by Gasteiger charge is 2.21. The minimum atomic E-state index is 0.0701. The van der Waals surface area contributed by atoms with Gasteiger partial charge in [0.15, 0.2) is 0 Å². The summed E-state index contributed by atoms with van der Waals surface area (Å²) in [6, 6.07) is 7.86. The second-order valence-electron chi connectivity index (χ2n) is 4.93. The van der Waals surface area contributed by atoms with Gasteiger partial charge in [0.25, 0.3) is 0 Å². The number of carbonyl (C=O) groups is 1. The first-order valence-electron chi connectivity index (χ1n) is 6.69. The molecule has 0 radical (unpaired) electrons. The maximum Gasteiger partial charge on any atom is 0.228 e. The molecule has 0 aliphatic carbocycles. The molecule has 4 heteroatoms. The van der Waals surface area contributed by atoms with Crippen molar-refractivity contribution in [3.05, 3.63) is 36.7 Å². The SMILES string of the molecule is O=C(Nc1cccc2ccncc12)C1CCCNC1. The Balaban J connectivity index is 1.82. The lowest BCUT2D eigenvalue weighted by molar-refractivity contribution is -0.120. The molecule has 1 unspecified atom stereocenters. The maximum atomic E-state index is 12.2. The van der Waals surface area contributed by atoms with Crippen molar-refractivity contribution in [1.29, 1.82) is 0 Å². The van der Waals surface area contributed by atoms with Gasteiger partial charge in [0.2, 0.25) is 5.91 Å². The van der Waals surface area contributed by atoms with E-state index in [0.717, 1.165) is 42.4 Å². The van der Waals surface area contributed by atoms with Crippen molar-refractivity contribution in [3.63, 3.8) is 0 Å². The third-order valence-electron chi connectivity index (χ3n) is 3.61. The molecule has 1 aromatic carbocycles. The molecule has 1 amide bonds. The Labute approximate surface area is 112 Å². The summed E-state index contributed by atoms with van der Waals surface area (Å²) >= 11 is 0. The van der Waals surface area contributed by atoms with Gasteiger partial charge < -0.3 is 10.6 Å². The minimum absolute atomic E-state index is 0.0701. The van der Waals surface area contributed by atoms with E-state index in [1.807, 2.05) is 24.3 Å². The van der Waals surface area contributed by atoms with Crippen LogP contribution >= 0.6 is 0 Å². The van der Waals surface area contributed by atoms with Crippen LogP contribution in [0.5, 0.6) is 0 Å². The first kappa shape index (κ1) is 12.1. The number of piperidine rings is 1. The molecule has 0 bridgehead atoms. The van der Waals surface area contributed by atoms with Crippen LogP contribution in [0.4, 0.5) is 5.69 Å². The summed E-state index contributed by atoms with van der Waals surface area (Å²) in [5.41, 5.74) is 0.848. The van der Waals surface area contributed by atoms with E-state index in [1.54, 1.807) is 12.4 Å². The van der Waals surface area contributed by atoms with Gasteiger partial charge in [0.05, 0.1) is 11.6 Å². The van der Waals surface area contributed by atoms with E-state index < -0.39 is 0 Å². The zero-order valence-corrected chi connectivity index (χ0v) is 10.7. The van der Waals surface area contributed by atoms with Crippen LogP contribution in [0.25, 0.3) is 10.8 Å². The zero-order valence-electron chi connectivity index (χ0n) is 10.7. The van der Waals surface area contributed by atoms with Crippen molar-refractivity contribution in [2.75, 3.05) is 18.4 Å². The summed E-state index contributed by atoms with van der Waals surface area (Å²) < 4.78 is 0. The summed E-state index contributed by atoms with van der Waals surface area (Å²) in [5, 5.41) is 8.38. The van der Waals surface area contributed by atoms with Crippen LogP contribution in [0.3, 0.4) is 0 Å². The third-order valence-corrected chi connectivity index (χ3v) is 3.61. The van der Waals surface area contributed by atoms with Crippen molar-refractivity contribution < 1.29 is 4.79 Å². The summed E-state index contributed by atoms with van der Waals surface area (Å²) in [6.45, 7) is 1.79. The monoisotopic (exact) mass is 255 g/mol. The number of hydrogen-bond donors (Lipinski definition) is 2. The highest BCUT2D eigenvalue weighted by Crippen LogP contribution is 2.23. The molecule has 0 spiro atoms. The van der Waals surface area contributed by atoms with Gasteiger partial charge >= 0.3 is 0 Å². The van der Waals surface area contributed by atoms with Crippen molar-refractivity contribution in [3.8, 4) is 0 Å². The average molecular weight is 255 g/mol. The van der Waals surface area contributed by atoms with Gasteiger partial charge in [0, 0.05) is 24.3 Å². The predicted octanol–water partition coefficient (Wildman–Crippen LogP) is 2.17. The second kappa shape index (κ2) is 5.36. The highest BCUT2D eigenvalue weighted by molar-refractivity contribution is 6.02. The Morgan fingerprint density at radius 2 is 2.32 bits per heavy atom. The van der Waals surface area contributed by atoms with Gasteiger partial charge in [-0.3, -0.25) is 9.78 Å². The van der Waals surface area contributed by atoms with Crippen LogP contribution in [-0.2, 0) is 4.79 Å². The topological polar surface area (TPSA) is 54.0 Å². The van der Waals surface area contributed by atoms with Crippen molar-refractivity contribution in [1.82, 2.24) is 10.3 Å². The number of hydrogen-bond acceptors (Lipinski definition) is 3. The van der Waals surface area contributed by atoms with E-state index >= 15 is 0 Å². The number of nitrogens with zero attached hydrogens (tertiary/aromatic N) is 1. The Morgan fingerprint density at radius 3 is 3.16 bits per heavy atom. The van der Waals surface area contributed by atoms with Crippen LogP contribution in [0, 0.1) is 5.92 Å². The van der Waals surface area contributed by atoms with Gasteiger partial charge in [-0.05, 0) is 36.9 Å². The van der Waals surface area contributed by atoms with E-state index in [2.05, 4.69) is 15.6 Å². The molecular formula is C15H17N3O. The number of nitrogens with one attached hydrogen (secondary N) is 2. The molecule has 1 saturated heterocycles. The Kier molecular flexibility index (Phi) is 3.42. The number of carbonyl (C=O) groups excluding carboxylic acids is 1. The molecule has 2 heterocycles. The normalized spacial score (nSPS) is 19.3. The zero-order chi connectivity index (χ0) is 13.1. The number of fused-ring (bicyclic) bond motifs is 1. The number of anilines is 1. The first-order valence-corrected chi connectivity index (χ1v) is 6.69. The minimum Gasteiger partial charge on any atom is -0.325 e. The lowest BCUT2D eigenvalue weighted by Gasteiger charge is -2.22. The number of benzene rings is 1. The Hall–Kier alpha value is -1.94. The fraction of sp³-hybridized carbons (Fsp3) is 0.333. The van der Waals surface area contributed by atoms with Crippen LogP contribution in [-0.4, -0.2) is 24.0 Å². The van der Waals surface area contributed by atoms with Gasteiger partial charge in [0.1, 0.15) is 0 Å². The van der Waals surface area contributed by atoms with Gasteiger partial charge in [-0.1, -0.05) is 12.1 Å². The fourth-order valence-corrected chi connectivity index (χ4v) is 2.53. The molecule has 4 nitrogen and oxygen atoms in total. The second-order valence-corrected chi connectivity index (χ2v) is 4.93. The summed E-state index contributed by atoms with van der Waals surface area (Å²) in [5.74, 6) is 0.171. The molecule has 2 aromatic rings. The lowest BCUT2D eigenvalue weighted by Crippen LogP contribution is -2.37. The van der Waals surface area contributed by atoms with Gasteiger partial charge in [-0.2, -0.15) is 0 Å². The van der Waals surface area contributed by atoms with Gasteiger partial charge in [-0.25, -0.2) is 0 Å². The molecule has 19 heavy (non-hydrogen) atoms. The molecule has 1 aromatic heterocycles. The summed E-state index contributed by atoms with van der Waals surface area (Å²) in [7, 11) is 0. The van der Waals surface area contributed by atoms with E-state index in [1.165, 1.54) is 0 Å². The smallest absolute Gasteiger partial charge is 0.228 e. The fourth-order valence-electron chi connectivity index (χ4n) is 2.53. The third kappa shape index (κ3) is 2.58. The lowest BCUT2D eigenvalue weighted by atomic mass is 9.98. The van der Waals surface area contributed by atoms with Crippen LogP contribution < -0.4 is 10.6 Å². The van der Waals surface area contributed by atoms with Crippen molar-refractivity contribution >= 4 is 22.4 Å². The summed E-state index contributed by atoms with van der Waals surface area (Å²) in [4.78, 5) is 16.4. The Bertz CT molecular complexity index is 585. The molecule has 1 aliphatic rings. The van der Waals surface area contributed by atoms with Gasteiger partial charge in [-0.15, -0.1) is 0 Å². The van der Waals surface area contributed by atoms with E-state index in [-0.39, 0.29) is 11.8 Å². The average Bonchev–Trinajstić information content (AvgIpc) is 2.48. The van der Waals surface area contributed by atoms with E-state index in [0.29, 0.717) is 0 Å². The predicted molar refractivity (Wildman–Crippen MR) is 76.0 cm³/mol. The quantitative estimate of drug-likeness (QED) is 0.864. The van der Waals surface area contributed by atoms with E-state index in [9.17, 15) is 4.79 Å². The van der Waals surface area contributed by atoms with Crippen LogP contribution in [0.2, 0.25) is 0 Å². The number of rotatable bonds is 2. The molecule has 1 aliphatic heterocycles. The summed E-state index contributed by atoms with van der Waals surface area (Å²) in [6.07, 6.45) is 5.58. The van der Waals surface area contributed by atoms with Crippen molar-refractivity contribution in [2.24, 2.45) is 5.92 Å². The molecule has 2 N–H and O–H groups in total. The highest BCUT2D eigenvalue weighted by atomic mass is 16.1.